The summed E-state index contributed by atoms with van der Waals surface area (Å²) in [5, 5.41) is 16.8. The number of carbonyl (C=O) groups is 2. The van der Waals surface area contributed by atoms with Crippen LogP contribution in [0, 0.1) is 0 Å². The Balaban J connectivity index is 3.68. The Bertz CT molecular complexity index is 162. The minimum Gasteiger partial charge on any atom is -0.477 e. The van der Waals surface area contributed by atoms with E-state index in [2.05, 4.69) is 11.5 Å². The summed E-state index contributed by atoms with van der Waals surface area (Å²) in [5.74, 6) is -2.01. The molecule has 0 spiro atoms. The van der Waals surface area contributed by atoms with Crippen LogP contribution in [0.5, 0.6) is 0 Å². The lowest BCUT2D eigenvalue weighted by atomic mass is 10.1. The predicted molar refractivity (Wildman–Crippen MR) is 37.9 cm³/mol. The highest BCUT2D eigenvalue weighted by Crippen LogP contribution is 1.95. The molecule has 6 heteroatoms. The Kier molecular flexibility index (Phi) is 4.24. The maximum atomic E-state index is 10.3. The quantitative estimate of drug-likeness (QED) is 0.361. The van der Waals surface area contributed by atoms with Gasteiger partial charge in [0.05, 0.1) is 0 Å². The van der Waals surface area contributed by atoms with E-state index < -0.39 is 24.0 Å². The Hall–Kier alpha value is -1.14. The SMILES string of the molecule is [NH3+][C@H](CC[C@@H]([NH3+])C(=O)O)C(=O)O. The van der Waals surface area contributed by atoms with Crippen molar-refractivity contribution in [2.45, 2.75) is 24.9 Å². The third kappa shape index (κ3) is 3.89. The molecule has 0 saturated carbocycles. The van der Waals surface area contributed by atoms with Gasteiger partial charge < -0.3 is 21.7 Å². The largest absolute Gasteiger partial charge is 0.477 e. The minimum absolute atomic E-state index is 0.246. The van der Waals surface area contributed by atoms with Crippen LogP contribution in [0.3, 0.4) is 0 Å². The molecule has 8 N–H and O–H groups in total. The molecular weight excluding hydrogens is 164 g/mol. The molecule has 6 nitrogen and oxygen atoms in total. The normalized spacial score (nSPS) is 15.2. The molecule has 0 heterocycles. The smallest absolute Gasteiger partial charge is 0.362 e. The molecule has 0 saturated heterocycles. The van der Waals surface area contributed by atoms with E-state index in [1.807, 2.05) is 0 Å². The predicted octanol–water partition coefficient (Wildman–Crippen LogP) is -2.84. The molecule has 0 amide bonds. The van der Waals surface area contributed by atoms with Crippen LogP contribution < -0.4 is 11.5 Å². The van der Waals surface area contributed by atoms with Gasteiger partial charge >= 0.3 is 11.9 Å². The summed E-state index contributed by atoms with van der Waals surface area (Å²) in [6.07, 6.45) is 0.492. The monoisotopic (exact) mass is 178 g/mol. The van der Waals surface area contributed by atoms with E-state index in [0.29, 0.717) is 0 Å². The average molecular weight is 178 g/mol. The van der Waals surface area contributed by atoms with Crippen LogP contribution in [-0.4, -0.2) is 34.2 Å². The Morgan fingerprint density at radius 3 is 1.42 bits per heavy atom. The molecule has 0 aromatic carbocycles. The first-order chi connectivity index (χ1) is 5.45. The molecule has 0 unspecified atom stereocenters. The van der Waals surface area contributed by atoms with Crippen molar-refractivity contribution < 1.29 is 31.3 Å². The lowest BCUT2D eigenvalue weighted by Crippen LogP contribution is -2.68. The molecule has 0 fully saturated rings. The van der Waals surface area contributed by atoms with Gasteiger partial charge in [-0.1, -0.05) is 0 Å². The molecule has 0 aliphatic rings. The Morgan fingerprint density at radius 1 is 1.00 bits per heavy atom. The lowest BCUT2D eigenvalue weighted by molar-refractivity contribution is -0.426. The zero-order valence-electron chi connectivity index (χ0n) is 6.69. The zero-order valence-corrected chi connectivity index (χ0v) is 6.69. The van der Waals surface area contributed by atoms with Gasteiger partial charge in [0, 0.05) is 12.8 Å². The molecule has 0 aromatic heterocycles. The first-order valence-electron chi connectivity index (χ1n) is 3.57. The van der Waals surface area contributed by atoms with Gasteiger partial charge in [-0.05, 0) is 0 Å². The standard InChI is InChI=1S/C6H12N2O4/c7-3(5(9)10)1-2-4(8)6(11)12/h3-4H,1-2,7-8H2,(H,9,10)(H,11,12)/p+2/t3-,4-/m1/s1. The topological polar surface area (TPSA) is 130 Å². The van der Waals surface area contributed by atoms with E-state index in [4.69, 9.17) is 10.2 Å². The van der Waals surface area contributed by atoms with Crippen molar-refractivity contribution in [2.75, 3.05) is 0 Å². The number of quaternary nitrogens is 2. The lowest BCUT2D eigenvalue weighted by Gasteiger charge is -2.03. The third-order valence-electron chi connectivity index (χ3n) is 1.56. The molecule has 0 radical (unpaired) electrons. The van der Waals surface area contributed by atoms with Crippen LogP contribution >= 0.6 is 0 Å². The van der Waals surface area contributed by atoms with Crippen LogP contribution in [-0.2, 0) is 9.59 Å². The van der Waals surface area contributed by atoms with Crippen molar-refractivity contribution in [1.29, 1.82) is 0 Å². The second kappa shape index (κ2) is 4.68. The van der Waals surface area contributed by atoms with Gasteiger partial charge in [-0.2, -0.15) is 0 Å². The van der Waals surface area contributed by atoms with Crippen LogP contribution in [0.2, 0.25) is 0 Å². The van der Waals surface area contributed by atoms with E-state index in [1.165, 1.54) is 0 Å². The van der Waals surface area contributed by atoms with Crippen molar-refractivity contribution >= 4 is 11.9 Å². The maximum Gasteiger partial charge on any atom is 0.362 e. The summed E-state index contributed by atoms with van der Waals surface area (Å²) in [6.45, 7) is 0. The highest BCUT2D eigenvalue weighted by atomic mass is 16.4. The Morgan fingerprint density at radius 2 is 1.25 bits per heavy atom. The molecule has 0 rings (SSSR count). The van der Waals surface area contributed by atoms with Crippen LogP contribution in [0.4, 0.5) is 0 Å². The number of carboxylic acid groups (broad SMARTS) is 2. The Labute approximate surface area is 69.2 Å². The second-order valence-electron chi connectivity index (χ2n) is 2.65. The van der Waals surface area contributed by atoms with Gasteiger partial charge in [0.1, 0.15) is 0 Å². The maximum absolute atomic E-state index is 10.3. The highest BCUT2D eigenvalue weighted by Gasteiger charge is 2.21. The van der Waals surface area contributed by atoms with Gasteiger partial charge in [0.25, 0.3) is 0 Å². The van der Waals surface area contributed by atoms with Gasteiger partial charge in [-0.3, -0.25) is 0 Å². The van der Waals surface area contributed by atoms with Gasteiger partial charge in [0.15, 0.2) is 12.1 Å². The molecule has 2 atom stereocenters. The average Bonchev–Trinajstić information content (AvgIpc) is 1.98. The highest BCUT2D eigenvalue weighted by molar-refractivity contribution is 5.73. The van der Waals surface area contributed by atoms with Crippen molar-refractivity contribution in [2.24, 2.45) is 0 Å². The number of hydrogen-bond donors (Lipinski definition) is 4. The van der Waals surface area contributed by atoms with Crippen molar-refractivity contribution in [3.8, 4) is 0 Å². The summed E-state index contributed by atoms with van der Waals surface area (Å²) in [4.78, 5) is 20.5. The number of rotatable bonds is 5. The van der Waals surface area contributed by atoms with E-state index in [-0.39, 0.29) is 12.8 Å². The van der Waals surface area contributed by atoms with Crippen molar-refractivity contribution in [1.82, 2.24) is 0 Å². The van der Waals surface area contributed by atoms with Gasteiger partial charge in [0.2, 0.25) is 0 Å². The van der Waals surface area contributed by atoms with Crippen LogP contribution in [0.1, 0.15) is 12.8 Å². The van der Waals surface area contributed by atoms with E-state index in [1.54, 1.807) is 0 Å². The zero-order chi connectivity index (χ0) is 9.72. The molecule has 0 bridgehead atoms. The fraction of sp³-hybridized carbons (Fsp3) is 0.667. The van der Waals surface area contributed by atoms with Gasteiger partial charge in [-0.25, -0.2) is 9.59 Å². The summed E-state index contributed by atoms with van der Waals surface area (Å²) in [6, 6.07) is -1.48. The molecule has 0 aliphatic carbocycles. The summed E-state index contributed by atoms with van der Waals surface area (Å²) >= 11 is 0. The number of carboxylic acids is 2. The van der Waals surface area contributed by atoms with E-state index >= 15 is 0 Å². The van der Waals surface area contributed by atoms with Crippen LogP contribution in [0.15, 0.2) is 0 Å². The van der Waals surface area contributed by atoms with Crippen molar-refractivity contribution in [3.05, 3.63) is 0 Å². The first-order valence-corrected chi connectivity index (χ1v) is 3.57. The molecule has 70 valence electrons. The molecule has 12 heavy (non-hydrogen) atoms. The number of aliphatic carboxylic acids is 2. The van der Waals surface area contributed by atoms with Crippen molar-refractivity contribution in [3.63, 3.8) is 0 Å². The van der Waals surface area contributed by atoms with Crippen LogP contribution in [0.25, 0.3) is 0 Å². The molecular formula is C6H14N2O4+2. The van der Waals surface area contributed by atoms with E-state index in [0.717, 1.165) is 0 Å². The molecule has 0 aromatic rings. The summed E-state index contributed by atoms with van der Waals surface area (Å²) in [7, 11) is 0. The fourth-order valence-electron chi connectivity index (χ4n) is 0.649. The van der Waals surface area contributed by atoms with Gasteiger partial charge in [-0.15, -0.1) is 0 Å². The summed E-state index contributed by atoms with van der Waals surface area (Å²) < 4.78 is 0. The second-order valence-corrected chi connectivity index (χ2v) is 2.65. The summed E-state index contributed by atoms with van der Waals surface area (Å²) in [5.41, 5.74) is 6.70. The minimum atomic E-state index is -1.01. The third-order valence-corrected chi connectivity index (χ3v) is 1.56. The first kappa shape index (κ1) is 10.9. The van der Waals surface area contributed by atoms with E-state index in [9.17, 15) is 9.59 Å². The number of hydrogen-bond acceptors (Lipinski definition) is 2. The molecule has 0 aliphatic heterocycles. The fourth-order valence-corrected chi connectivity index (χ4v) is 0.649.